The average molecular weight is 751 g/mol. The van der Waals surface area contributed by atoms with Gasteiger partial charge in [-0.3, -0.25) is 0 Å². The maximum atomic E-state index is 6.60. The number of nitrogens with zero attached hydrogens (tertiary/aromatic N) is 2. The number of furan rings is 1. The highest BCUT2D eigenvalue weighted by Gasteiger charge is 2.36. The number of hydrogen-bond acceptors (Lipinski definition) is 3. The van der Waals surface area contributed by atoms with Crippen LogP contribution in [0.1, 0.15) is 30.2 Å². The minimum atomic E-state index is -0.286. The van der Waals surface area contributed by atoms with Crippen LogP contribution in [0, 0.1) is 0 Å². The molecule has 1 aliphatic carbocycles. The Labute approximate surface area is 336 Å². The van der Waals surface area contributed by atoms with Gasteiger partial charge in [-0.2, -0.15) is 0 Å². The Hall–Kier alpha value is -6.88. The molecular formula is C53H38N2OS. The lowest BCUT2D eigenvalue weighted by molar-refractivity contribution is 0.425. The molecule has 3 aromatic heterocycles. The van der Waals surface area contributed by atoms with Crippen molar-refractivity contribution in [3.05, 3.63) is 211 Å². The molecule has 10 aromatic rings. The lowest BCUT2D eigenvalue weighted by Crippen LogP contribution is -2.25. The quantitative estimate of drug-likeness (QED) is 0.162. The Bertz CT molecular complexity index is 3100. The van der Waals surface area contributed by atoms with Crippen molar-refractivity contribution in [2.75, 3.05) is 4.90 Å². The second-order valence-electron chi connectivity index (χ2n) is 15.1. The molecule has 7 aromatic carbocycles. The first-order valence-electron chi connectivity index (χ1n) is 19.6. The van der Waals surface area contributed by atoms with Crippen LogP contribution in [0.4, 0.5) is 17.1 Å². The third-order valence-corrected chi connectivity index (χ3v) is 12.9. The van der Waals surface area contributed by atoms with Crippen LogP contribution in [0.3, 0.4) is 0 Å². The molecule has 272 valence electrons. The molecule has 1 aliphatic rings. The summed E-state index contributed by atoms with van der Waals surface area (Å²) in [6.07, 6.45) is 5.40. The van der Waals surface area contributed by atoms with Gasteiger partial charge in [-0.05, 0) is 109 Å². The molecule has 0 fully saturated rings. The monoisotopic (exact) mass is 750 g/mol. The van der Waals surface area contributed by atoms with Crippen LogP contribution in [0.5, 0.6) is 0 Å². The van der Waals surface area contributed by atoms with Crippen molar-refractivity contribution in [1.82, 2.24) is 4.57 Å². The molecule has 1 atom stereocenters. The Morgan fingerprint density at radius 3 is 1.89 bits per heavy atom. The molecule has 11 rings (SSSR count). The number of allylic oxidation sites excluding steroid dienone is 1. The van der Waals surface area contributed by atoms with Crippen LogP contribution >= 0.6 is 11.3 Å². The zero-order chi connectivity index (χ0) is 37.9. The van der Waals surface area contributed by atoms with Crippen molar-refractivity contribution in [1.29, 1.82) is 0 Å². The summed E-state index contributed by atoms with van der Waals surface area (Å²) in [7, 11) is 0. The first kappa shape index (κ1) is 33.5. The van der Waals surface area contributed by atoms with Crippen molar-refractivity contribution in [2.45, 2.75) is 18.8 Å². The van der Waals surface area contributed by atoms with Crippen LogP contribution in [-0.4, -0.2) is 4.57 Å². The molecule has 0 radical (unpaired) electrons. The normalized spacial score (nSPS) is 15.0. The molecule has 3 heterocycles. The van der Waals surface area contributed by atoms with E-state index < -0.39 is 0 Å². The van der Waals surface area contributed by atoms with Crippen molar-refractivity contribution in [2.24, 2.45) is 0 Å². The van der Waals surface area contributed by atoms with Gasteiger partial charge < -0.3 is 13.9 Å². The fraction of sp³-hybridized carbons (Fsp3) is 0.0566. The largest absolute Gasteiger partial charge is 0.459 e. The minimum absolute atomic E-state index is 0.286. The SMILES string of the molecule is CC1(c2ccc(N(c3ccc(-c4ccc(-c5ccccc5)s4)cc3)c3ccc4c(c3)c3ccccc3n4-c3ccccc3)cc2)CC=Cc2c1oc1ccccc21. The van der Waals surface area contributed by atoms with Gasteiger partial charge in [0.15, 0.2) is 0 Å². The van der Waals surface area contributed by atoms with E-state index >= 15 is 0 Å². The van der Waals surface area contributed by atoms with E-state index in [1.165, 1.54) is 59.2 Å². The molecule has 0 spiro atoms. The van der Waals surface area contributed by atoms with E-state index in [0.717, 1.165) is 40.5 Å². The fourth-order valence-electron chi connectivity index (χ4n) is 8.80. The molecule has 0 aliphatic heterocycles. The van der Waals surface area contributed by atoms with Gasteiger partial charge in [0.05, 0.1) is 16.4 Å². The Morgan fingerprint density at radius 2 is 1.14 bits per heavy atom. The van der Waals surface area contributed by atoms with E-state index in [1.807, 2.05) is 17.4 Å². The van der Waals surface area contributed by atoms with Gasteiger partial charge >= 0.3 is 0 Å². The highest BCUT2D eigenvalue weighted by Crippen LogP contribution is 2.47. The number of benzene rings is 7. The third-order valence-electron chi connectivity index (χ3n) is 11.7. The number of para-hydroxylation sites is 3. The smallest absolute Gasteiger partial charge is 0.134 e. The van der Waals surface area contributed by atoms with Crippen LogP contribution in [0.15, 0.2) is 199 Å². The lowest BCUT2D eigenvalue weighted by Gasteiger charge is -2.31. The highest BCUT2D eigenvalue weighted by atomic mass is 32.1. The molecule has 4 heteroatoms. The van der Waals surface area contributed by atoms with E-state index in [0.29, 0.717) is 0 Å². The van der Waals surface area contributed by atoms with Crippen molar-refractivity contribution < 1.29 is 4.42 Å². The van der Waals surface area contributed by atoms with Gasteiger partial charge in [-0.25, -0.2) is 0 Å². The van der Waals surface area contributed by atoms with Gasteiger partial charge in [-0.1, -0.05) is 121 Å². The summed E-state index contributed by atoms with van der Waals surface area (Å²) in [4.78, 5) is 4.92. The van der Waals surface area contributed by atoms with Gasteiger partial charge in [0.2, 0.25) is 0 Å². The minimum Gasteiger partial charge on any atom is -0.459 e. The Balaban J connectivity index is 1.03. The number of thiophene rings is 1. The topological polar surface area (TPSA) is 21.3 Å². The Morgan fingerprint density at radius 1 is 0.544 bits per heavy atom. The number of anilines is 3. The number of rotatable bonds is 7. The van der Waals surface area contributed by atoms with Gasteiger partial charge in [0.25, 0.3) is 0 Å². The summed E-state index contributed by atoms with van der Waals surface area (Å²) in [6.45, 7) is 2.31. The third kappa shape index (κ3) is 5.55. The molecule has 1 unspecified atom stereocenters. The van der Waals surface area contributed by atoms with Crippen molar-refractivity contribution in [3.8, 4) is 26.6 Å². The zero-order valence-corrected chi connectivity index (χ0v) is 32.3. The van der Waals surface area contributed by atoms with E-state index in [1.54, 1.807) is 0 Å². The maximum Gasteiger partial charge on any atom is 0.134 e. The van der Waals surface area contributed by atoms with Crippen molar-refractivity contribution in [3.63, 3.8) is 0 Å². The number of fused-ring (bicyclic) bond motifs is 6. The lowest BCUT2D eigenvalue weighted by atomic mass is 9.73. The summed E-state index contributed by atoms with van der Waals surface area (Å²) in [6, 6.07) is 67.9. The first-order valence-corrected chi connectivity index (χ1v) is 20.4. The molecule has 0 N–H and O–H groups in total. The predicted octanol–water partition coefficient (Wildman–Crippen LogP) is 15.1. The van der Waals surface area contributed by atoms with E-state index in [4.69, 9.17) is 4.42 Å². The van der Waals surface area contributed by atoms with Crippen LogP contribution in [0.25, 0.3) is 65.4 Å². The standard InChI is InChI=1S/C53H38N2OS/c1-53(34-12-19-45-44-18-9-11-21-49(44)56-52(45)53)38-24-28-41(29-25-38)54(40-26-22-37(23-27-40)51-33-32-50(57-51)36-13-4-2-5-14-36)42-30-31-48-46(35-42)43-17-8-10-20-47(43)55(48)39-15-6-3-7-16-39/h2-33,35H,34H2,1H3. The van der Waals surface area contributed by atoms with E-state index in [-0.39, 0.29) is 5.41 Å². The van der Waals surface area contributed by atoms with Crippen LogP contribution in [-0.2, 0) is 5.41 Å². The van der Waals surface area contributed by atoms with Crippen LogP contribution in [0.2, 0.25) is 0 Å². The number of aromatic nitrogens is 1. The average Bonchev–Trinajstić information content (AvgIpc) is 4.01. The summed E-state index contributed by atoms with van der Waals surface area (Å²) >= 11 is 1.83. The van der Waals surface area contributed by atoms with E-state index in [9.17, 15) is 0 Å². The second-order valence-corrected chi connectivity index (χ2v) is 16.2. The maximum absolute atomic E-state index is 6.60. The fourth-order valence-corrected chi connectivity index (χ4v) is 9.82. The van der Waals surface area contributed by atoms with Gasteiger partial charge in [-0.15, -0.1) is 11.3 Å². The highest BCUT2D eigenvalue weighted by molar-refractivity contribution is 7.18. The summed E-state index contributed by atoms with van der Waals surface area (Å²) in [5, 5.41) is 3.62. The van der Waals surface area contributed by atoms with E-state index in [2.05, 4.69) is 211 Å². The Kier molecular flexibility index (Phi) is 7.87. The molecular weight excluding hydrogens is 713 g/mol. The molecule has 3 nitrogen and oxygen atoms in total. The summed E-state index contributed by atoms with van der Waals surface area (Å²) in [5.41, 5.74) is 12.4. The predicted molar refractivity (Wildman–Crippen MR) is 241 cm³/mol. The molecule has 0 bridgehead atoms. The molecule has 0 amide bonds. The van der Waals surface area contributed by atoms with Crippen molar-refractivity contribution >= 4 is 67.3 Å². The molecule has 0 saturated heterocycles. The molecule has 0 saturated carbocycles. The van der Waals surface area contributed by atoms with Gasteiger partial charge in [0, 0.05) is 54.2 Å². The summed E-state index contributed by atoms with van der Waals surface area (Å²) in [5.74, 6) is 1.04. The summed E-state index contributed by atoms with van der Waals surface area (Å²) < 4.78 is 8.97. The second kappa shape index (κ2) is 13.4. The zero-order valence-electron chi connectivity index (χ0n) is 31.5. The number of hydrogen-bond donors (Lipinski definition) is 0. The molecule has 57 heavy (non-hydrogen) atoms. The van der Waals surface area contributed by atoms with Crippen LogP contribution < -0.4 is 4.90 Å². The first-order chi connectivity index (χ1) is 28.1. The van der Waals surface area contributed by atoms with Gasteiger partial charge in [0.1, 0.15) is 11.3 Å².